The molecule has 0 amide bonds. The molecule has 2 aromatic rings. The highest BCUT2D eigenvalue weighted by atomic mass is 35.5. The van der Waals surface area contributed by atoms with Crippen LogP contribution in [0.2, 0.25) is 5.02 Å². The highest BCUT2D eigenvalue weighted by Gasteiger charge is 2.67. The lowest BCUT2D eigenvalue weighted by Gasteiger charge is -2.54. The van der Waals surface area contributed by atoms with Gasteiger partial charge in [-0.25, -0.2) is 17.2 Å². The van der Waals surface area contributed by atoms with Crippen LogP contribution in [0.4, 0.5) is 8.78 Å². The standard InChI is InChI=1S/C23H25ClF2O4S2/c1-2-31-14-13-30-22-11-3-4-12-23(22,32(27,28)17-7-5-16(24)6-8-17)20-18(25)9-10-19(26)21(20)29-15-22/h5-10H,2-4,11-15H2,1H3/t22-,23+/m0/s1. The lowest BCUT2D eigenvalue weighted by Crippen LogP contribution is -2.65. The van der Waals surface area contributed by atoms with E-state index in [9.17, 15) is 12.8 Å². The Hall–Kier alpha value is -1.35. The molecule has 0 spiro atoms. The Morgan fingerprint density at radius 1 is 1.09 bits per heavy atom. The molecule has 2 aromatic carbocycles. The monoisotopic (exact) mass is 502 g/mol. The molecule has 0 radical (unpaired) electrons. The molecule has 0 saturated heterocycles. The number of fused-ring (bicyclic) bond motifs is 3. The lowest BCUT2D eigenvalue weighted by atomic mass is 9.69. The summed E-state index contributed by atoms with van der Waals surface area (Å²) in [7, 11) is -4.23. The van der Waals surface area contributed by atoms with E-state index in [1.165, 1.54) is 24.3 Å². The third kappa shape index (κ3) is 3.63. The Labute approximate surface area is 196 Å². The minimum absolute atomic E-state index is 0.00350. The third-order valence-electron chi connectivity index (χ3n) is 6.40. The van der Waals surface area contributed by atoms with Gasteiger partial charge >= 0.3 is 0 Å². The molecule has 1 saturated carbocycles. The van der Waals surface area contributed by atoms with Gasteiger partial charge in [0, 0.05) is 10.8 Å². The number of thioether (sulfide) groups is 1. The molecule has 1 aliphatic carbocycles. The fourth-order valence-corrected chi connectivity index (χ4v) is 8.09. The van der Waals surface area contributed by atoms with Gasteiger partial charge in [-0.1, -0.05) is 31.4 Å². The molecular formula is C23H25ClF2O4S2. The maximum Gasteiger partial charge on any atom is 0.191 e. The van der Waals surface area contributed by atoms with Gasteiger partial charge in [-0.2, -0.15) is 11.8 Å². The van der Waals surface area contributed by atoms with Crippen molar-refractivity contribution in [3.63, 3.8) is 0 Å². The fraction of sp³-hybridized carbons (Fsp3) is 0.478. The number of sulfone groups is 1. The summed E-state index contributed by atoms with van der Waals surface area (Å²) in [6, 6.07) is 7.71. The highest BCUT2D eigenvalue weighted by molar-refractivity contribution is 7.99. The summed E-state index contributed by atoms with van der Waals surface area (Å²) >= 11 is 7.65. The van der Waals surface area contributed by atoms with E-state index in [1.807, 2.05) is 6.92 Å². The smallest absolute Gasteiger partial charge is 0.191 e. The summed E-state index contributed by atoms with van der Waals surface area (Å²) in [5.74, 6) is -0.381. The molecule has 1 heterocycles. The molecule has 2 atom stereocenters. The number of hydrogen-bond acceptors (Lipinski definition) is 5. The van der Waals surface area contributed by atoms with Crippen molar-refractivity contribution in [3.8, 4) is 5.75 Å². The van der Waals surface area contributed by atoms with E-state index in [2.05, 4.69) is 0 Å². The summed E-state index contributed by atoms with van der Waals surface area (Å²) in [6.07, 6.45) is 1.72. The van der Waals surface area contributed by atoms with Crippen molar-refractivity contribution in [1.82, 2.24) is 0 Å². The Morgan fingerprint density at radius 2 is 1.78 bits per heavy atom. The van der Waals surface area contributed by atoms with E-state index in [4.69, 9.17) is 21.1 Å². The van der Waals surface area contributed by atoms with Crippen LogP contribution in [0, 0.1) is 11.6 Å². The molecule has 0 aromatic heterocycles. The van der Waals surface area contributed by atoms with Gasteiger partial charge in [0.2, 0.25) is 0 Å². The van der Waals surface area contributed by atoms with Gasteiger partial charge in [-0.05, 0) is 55.0 Å². The van der Waals surface area contributed by atoms with E-state index in [0.29, 0.717) is 30.0 Å². The SMILES string of the molecule is CCSCCO[C@]12CCCC[C@@]1(S(=O)(=O)c1ccc(Cl)cc1)c1c(F)ccc(F)c1OC2. The first kappa shape index (κ1) is 23.8. The third-order valence-corrected chi connectivity index (χ3v) is 10.1. The molecule has 1 aliphatic heterocycles. The first-order valence-electron chi connectivity index (χ1n) is 10.6. The number of halogens is 3. The van der Waals surface area contributed by atoms with Crippen molar-refractivity contribution < 1.29 is 26.7 Å². The van der Waals surface area contributed by atoms with Crippen molar-refractivity contribution in [2.75, 3.05) is 24.7 Å². The summed E-state index contributed by atoms with van der Waals surface area (Å²) in [5.41, 5.74) is -1.60. The second-order valence-corrected chi connectivity index (χ2v) is 12.1. The molecular weight excluding hydrogens is 478 g/mol. The second-order valence-electron chi connectivity index (χ2n) is 8.05. The molecule has 4 nitrogen and oxygen atoms in total. The number of benzene rings is 2. The van der Waals surface area contributed by atoms with Gasteiger partial charge in [0.05, 0.1) is 17.1 Å². The first-order chi connectivity index (χ1) is 15.3. The topological polar surface area (TPSA) is 52.6 Å². The van der Waals surface area contributed by atoms with Gasteiger partial charge in [0.15, 0.2) is 21.4 Å². The largest absolute Gasteiger partial charge is 0.487 e. The van der Waals surface area contributed by atoms with Crippen LogP contribution in [0.3, 0.4) is 0 Å². The summed E-state index contributed by atoms with van der Waals surface area (Å²) in [4.78, 5) is -0.00350. The predicted molar refractivity (Wildman–Crippen MR) is 122 cm³/mol. The Bertz CT molecular complexity index is 1090. The number of hydrogen-bond donors (Lipinski definition) is 0. The molecule has 2 aliphatic rings. The van der Waals surface area contributed by atoms with Crippen molar-refractivity contribution in [2.45, 2.75) is 47.9 Å². The molecule has 9 heteroatoms. The van der Waals surface area contributed by atoms with Crippen LogP contribution in [0.5, 0.6) is 5.75 Å². The van der Waals surface area contributed by atoms with Crippen molar-refractivity contribution >= 4 is 33.2 Å². The Morgan fingerprint density at radius 3 is 2.50 bits per heavy atom. The molecule has 0 bridgehead atoms. The quantitative estimate of drug-likeness (QED) is 0.450. The van der Waals surface area contributed by atoms with Gasteiger partial charge < -0.3 is 9.47 Å². The van der Waals surface area contributed by atoms with Gasteiger partial charge in [-0.3, -0.25) is 0 Å². The van der Waals surface area contributed by atoms with Crippen LogP contribution in [-0.4, -0.2) is 38.7 Å². The van der Waals surface area contributed by atoms with Crippen LogP contribution in [0.15, 0.2) is 41.3 Å². The molecule has 0 unspecified atom stereocenters. The lowest BCUT2D eigenvalue weighted by molar-refractivity contribution is -0.128. The average molecular weight is 503 g/mol. The van der Waals surface area contributed by atoms with Crippen LogP contribution < -0.4 is 4.74 Å². The maximum atomic E-state index is 15.4. The minimum Gasteiger partial charge on any atom is -0.487 e. The van der Waals surface area contributed by atoms with Crippen LogP contribution in [0.25, 0.3) is 0 Å². The zero-order valence-electron chi connectivity index (χ0n) is 17.7. The Kier molecular flexibility index (Phi) is 6.78. The van der Waals surface area contributed by atoms with E-state index < -0.39 is 31.8 Å². The second kappa shape index (κ2) is 9.12. The van der Waals surface area contributed by atoms with Gasteiger partial charge in [-0.15, -0.1) is 0 Å². The van der Waals surface area contributed by atoms with Crippen LogP contribution in [-0.2, 0) is 19.3 Å². The van der Waals surface area contributed by atoms with E-state index in [0.717, 1.165) is 17.9 Å². The van der Waals surface area contributed by atoms with Crippen LogP contribution >= 0.6 is 23.4 Å². The molecule has 1 fully saturated rings. The maximum absolute atomic E-state index is 15.4. The predicted octanol–water partition coefficient (Wildman–Crippen LogP) is 5.76. The van der Waals surface area contributed by atoms with Crippen molar-refractivity contribution in [3.05, 3.63) is 58.6 Å². The van der Waals surface area contributed by atoms with E-state index in [1.54, 1.807) is 11.8 Å². The molecule has 32 heavy (non-hydrogen) atoms. The Balaban J connectivity index is 1.97. The highest BCUT2D eigenvalue weighted by Crippen LogP contribution is 2.59. The summed E-state index contributed by atoms with van der Waals surface area (Å²) in [5, 5.41) is 0.383. The van der Waals surface area contributed by atoms with Gasteiger partial charge in [0.25, 0.3) is 0 Å². The minimum atomic E-state index is -4.23. The summed E-state index contributed by atoms with van der Waals surface area (Å²) < 4.78 is 69.0. The molecule has 0 N–H and O–H groups in total. The van der Waals surface area contributed by atoms with Gasteiger partial charge in [0.1, 0.15) is 22.8 Å². The fourth-order valence-electron chi connectivity index (χ4n) is 4.99. The van der Waals surface area contributed by atoms with Crippen molar-refractivity contribution in [2.24, 2.45) is 0 Å². The zero-order chi connectivity index (χ0) is 23.0. The normalized spacial score (nSPS) is 25.0. The number of ether oxygens (including phenoxy) is 2. The van der Waals surface area contributed by atoms with Crippen molar-refractivity contribution in [1.29, 1.82) is 0 Å². The molecule has 4 rings (SSSR count). The average Bonchev–Trinajstić information content (AvgIpc) is 2.79. The van der Waals surface area contributed by atoms with E-state index >= 15 is 4.39 Å². The first-order valence-corrected chi connectivity index (χ1v) is 13.6. The number of rotatable bonds is 7. The van der Waals surface area contributed by atoms with Crippen LogP contribution in [0.1, 0.15) is 38.2 Å². The zero-order valence-corrected chi connectivity index (χ0v) is 20.1. The molecule has 174 valence electrons. The summed E-state index contributed by atoms with van der Waals surface area (Å²) in [6.45, 7) is 2.15. The van der Waals surface area contributed by atoms with E-state index in [-0.39, 0.29) is 35.8 Å².